The van der Waals surface area contributed by atoms with Crippen LogP contribution < -0.4 is 4.72 Å². The number of aromatic nitrogens is 2. The molecule has 0 radical (unpaired) electrons. The molecule has 2 aromatic carbocycles. The molecule has 29 heavy (non-hydrogen) atoms. The number of H-pyrrole nitrogens is 1. The first-order chi connectivity index (χ1) is 13.8. The molecule has 0 saturated carbocycles. The lowest BCUT2D eigenvalue weighted by Crippen LogP contribution is -2.13. The Morgan fingerprint density at radius 1 is 1.10 bits per heavy atom. The van der Waals surface area contributed by atoms with Gasteiger partial charge in [0.1, 0.15) is 11.5 Å². The van der Waals surface area contributed by atoms with Crippen molar-refractivity contribution in [3.05, 3.63) is 89.0 Å². The summed E-state index contributed by atoms with van der Waals surface area (Å²) in [5.41, 5.74) is 1.32. The molecule has 0 fully saturated rings. The number of anilines is 1. The van der Waals surface area contributed by atoms with E-state index in [1.165, 1.54) is 36.7 Å². The van der Waals surface area contributed by atoms with E-state index in [0.717, 1.165) is 12.1 Å². The molecule has 0 atom stereocenters. The predicted molar refractivity (Wildman–Crippen MR) is 108 cm³/mol. The van der Waals surface area contributed by atoms with Crippen LogP contribution in [0.25, 0.3) is 11.0 Å². The maximum Gasteiger partial charge on any atom is 0.261 e. The van der Waals surface area contributed by atoms with Crippen LogP contribution in [0.15, 0.2) is 71.9 Å². The Morgan fingerprint density at radius 2 is 1.90 bits per heavy atom. The normalized spacial score (nSPS) is 11.5. The highest BCUT2D eigenvalue weighted by Gasteiger charge is 2.18. The van der Waals surface area contributed by atoms with Gasteiger partial charge >= 0.3 is 0 Å². The van der Waals surface area contributed by atoms with Crippen LogP contribution in [0.5, 0.6) is 0 Å². The van der Waals surface area contributed by atoms with Gasteiger partial charge in [0, 0.05) is 34.6 Å². The number of benzene rings is 2. The lowest BCUT2D eigenvalue weighted by Gasteiger charge is -2.09. The highest BCUT2D eigenvalue weighted by Crippen LogP contribution is 2.24. The lowest BCUT2D eigenvalue weighted by molar-refractivity contribution is 0.104. The molecule has 6 nitrogen and oxygen atoms in total. The number of ketones is 1. The number of sulfonamides is 1. The second-order valence-electron chi connectivity index (χ2n) is 6.22. The minimum Gasteiger partial charge on any atom is -0.345 e. The Morgan fingerprint density at radius 3 is 2.69 bits per heavy atom. The second kappa shape index (κ2) is 7.31. The molecule has 0 aliphatic rings. The first kappa shape index (κ1) is 19.1. The molecule has 0 bridgehead atoms. The largest absolute Gasteiger partial charge is 0.345 e. The maximum atomic E-state index is 13.4. The lowest BCUT2D eigenvalue weighted by atomic mass is 10.0. The molecule has 146 valence electrons. The van der Waals surface area contributed by atoms with Crippen LogP contribution >= 0.6 is 11.6 Å². The Kier molecular flexibility index (Phi) is 4.81. The van der Waals surface area contributed by atoms with Crippen molar-refractivity contribution in [3.8, 4) is 0 Å². The number of fused-ring (bicyclic) bond motifs is 1. The molecule has 0 aliphatic heterocycles. The van der Waals surface area contributed by atoms with Crippen molar-refractivity contribution in [1.82, 2.24) is 9.97 Å². The van der Waals surface area contributed by atoms with Crippen LogP contribution in [0.4, 0.5) is 10.1 Å². The van der Waals surface area contributed by atoms with Gasteiger partial charge in [-0.1, -0.05) is 29.8 Å². The number of aromatic amines is 1. The fourth-order valence-electron chi connectivity index (χ4n) is 2.89. The molecular weight excluding hydrogens is 417 g/mol. The maximum absolute atomic E-state index is 13.4. The zero-order chi connectivity index (χ0) is 20.6. The predicted octanol–water partition coefficient (Wildman–Crippen LogP) is 4.39. The number of carbonyl (C=O) groups excluding carboxylic acids is 1. The Balaban J connectivity index is 1.66. The van der Waals surface area contributed by atoms with Gasteiger partial charge in [0.15, 0.2) is 5.78 Å². The summed E-state index contributed by atoms with van der Waals surface area (Å²) in [6.07, 6.45) is 3.00. The summed E-state index contributed by atoms with van der Waals surface area (Å²) >= 11 is 5.97. The fourth-order valence-corrected chi connectivity index (χ4v) is 4.13. The molecule has 9 heteroatoms. The van der Waals surface area contributed by atoms with Crippen molar-refractivity contribution in [1.29, 1.82) is 0 Å². The van der Waals surface area contributed by atoms with Crippen LogP contribution in [0, 0.1) is 5.82 Å². The average Bonchev–Trinajstić information content (AvgIpc) is 3.10. The fraction of sp³-hybridized carbons (Fsp3) is 0. The molecule has 2 heterocycles. The standard InChI is InChI=1S/C20H13ClFN3O3S/c21-13-8-17-18(11-24-20(17)23-10-13)19(26)12-3-1-5-15(7-12)25-29(27,28)16-6-2-4-14(22)9-16/h1-11,25H,(H,23,24). The summed E-state index contributed by atoms with van der Waals surface area (Å²) in [4.78, 5) is 19.8. The number of hydrogen-bond acceptors (Lipinski definition) is 4. The SMILES string of the molecule is O=C(c1cccc(NS(=O)(=O)c2cccc(F)c2)c1)c1c[nH]c2ncc(Cl)cc12. The summed E-state index contributed by atoms with van der Waals surface area (Å²) in [7, 11) is -4.01. The van der Waals surface area contributed by atoms with Crippen molar-refractivity contribution >= 4 is 44.1 Å². The Labute approximate surface area is 170 Å². The van der Waals surface area contributed by atoms with Gasteiger partial charge in [0.05, 0.1) is 9.92 Å². The van der Waals surface area contributed by atoms with E-state index < -0.39 is 15.8 Å². The van der Waals surface area contributed by atoms with E-state index in [4.69, 9.17) is 11.6 Å². The number of halogens is 2. The number of rotatable bonds is 5. The van der Waals surface area contributed by atoms with Gasteiger partial charge in [-0.3, -0.25) is 9.52 Å². The third kappa shape index (κ3) is 3.85. The molecule has 0 amide bonds. The number of pyridine rings is 1. The van der Waals surface area contributed by atoms with Gasteiger partial charge in [-0.2, -0.15) is 0 Å². The van der Waals surface area contributed by atoms with Crippen molar-refractivity contribution in [3.63, 3.8) is 0 Å². The molecule has 0 unspecified atom stereocenters. The minimum atomic E-state index is -4.01. The van der Waals surface area contributed by atoms with E-state index in [2.05, 4.69) is 14.7 Å². The van der Waals surface area contributed by atoms with E-state index in [1.54, 1.807) is 18.2 Å². The van der Waals surface area contributed by atoms with Crippen molar-refractivity contribution in [2.75, 3.05) is 4.72 Å². The average molecular weight is 430 g/mol. The summed E-state index contributed by atoms with van der Waals surface area (Å²) in [5.74, 6) is -0.990. The molecule has 4 rings (SSSR count). The number of carbonyl (C=O) groups is 1. The highest BCUT2D eigenvalue weighted by molar-refractivity contribution is 7.92. The third-order valence-electron chi connectivity index (χ3n) is 4.23. The molecule has 0 saturated heterocycles. The topological polar surface area (TPSA) is 91.9 Å². The molecule has 0 spiro atoms. The first-order valence-electron chi connectivity index (χ1n) is 8.39. The minimum absolute atomic E-state index is 0.177. The first-order valence-corrected chi connectivity index (χ1v) is 10.3. The van der Waals surface area contributed by atoms with Gasteiger partial charge in [-0.15, -0.1) is 0 Å². The van der Waals surface area contributed by atoms with Crippen molar-refractivity contribution in [2.24, 2.45) is 0 Å². The number of nitrogens with zero attached hydrogens (tertiary/aromatic N) is 1. The summed E-state index contributed by atoms with van der Waals surface area (Å²) in [6.45, 7) is 0. The van der Waals surface area contributed by atoms with Crippen LogP contribution in [0.1, 0.15) is 15.9 Å². The molecule has 4 aromatic rings. The molecule has 0 aliphatic carbocycles. The van der Waals surface area contributed by atoms with Gasteiger partial charge in [0.25, 0.3) is 10.0 Å². The number of nitrogens with one attached hydrogen (secondary N) is 2. The van der Waals surface area contributed by atoms with Crippen LogP contribution in [0.2, 0.25) is 5.02 Å². The third-order valence-corrected chi connectivity index (χ3v) is 5.81. The van der Waals surface area contributed by atoms with Gasteiger partial charge in [-0.25, -0.2) is 17.8 Å². The second-order valence-corrected chi connectivity index (χ2v) is 8.34. The summed E-state index contributed by atoms with van der Waals surface area (Å²) in [6, 6.07) is 12.3. The Bertz CT molecular complexity index is 1350. The van der Waals surface area contributed by atoms with E-state index in [0.29, 0.717) is 21.6 Å². The smallest absolute Gasteiger partial charge is 0.261 e. The van der Waals surface area contributed by atoms with Crippen molar-refractivity contribution in [2.45, 2.75) is 4.90 Å². The van der Waals surface area contributed by atoms with E-state index >= 15 is 0 Å². The van der Waals surface area contributed by atoms with Crippen LogP contribution in [-0.2, 0) is 10.0 Å². The quantitative estimate of drug-likeness (QED) is 0.460. The summed E-state index contributed by atoms with van der Waals surface area (Å²) in [5, 5.41) is 0.955. The molecule has 2 N–H and O–H groups in total. The molecule has 2 aromatic heterocycles. The van der Waals surface area contributed by atoms with Crippen LogP contribution in [0.3, 0.4) is 0 Å². The zero-order valence-corrected chi connectivity index (χ0v) is 16.3. The zero-order valence-electron chi connectivity index (χ0n) is 14.7. The van der Waals surface area contributed by atoms with E-state index in [9.17, 15) is 17.6 Å². The van der Waals surface area contributed by atoms with Gasteiger partial charge < -0.3 is 4.98 Å². The Hall–Kier alpha value is -3.23. The molecular formula is C20H13ClFN3O3S. The highest BCUT2D eigenvalue weighted by atomic mass is 35.5. The number of hydrogen-bond donors (Lipinski definition) is 2. The van der Waals surface area contributed by atoms with Gasteiger partial charge in [-0.05, 0) is 36.4 Å². The van der Waals surface area contributed by atoms with Crippen molar-refractivity contribution < 1.29 is 17.6 Å². The summed E-state index contributed by atoms with van der Waals surface area (Å²) < 4.78 is 40.7. The van der Waals surface area contributed by atoms with Gasteiger partial charge in [0.2, 0.25) is 0 Å². The monoisotopic (exact) mass is 429 g/mol. The van der Waals surface area contributed by atoms with E-state index in [1.807, 2.05) is 0 Å². The van der Waals surface area contributed by atoms with E-state index in [-0.39, 0.29) is 21.9 Å². The van der Waals surface area contributed by atoms with Crippen LogP contribution in [-0.4, -0.2) is 24.2 Å².